The molecule has 3 heterocycles. The summed E-state index contributed by atoms with van der Waals surface area (Å²) in [5, 5.41) is 0. The first-order valence-corrected chi connectivity index (χ1v) is 11.7. The van der Waals surface area contributed by atoms with Crippen molar-refractivity contribution in [3.8, 4) is 0 Å². The van der Waals surface area contributed by atoms with Gasteiger partial charge in [-0.3, -0.25) is 0 Å². The molecule has 0 N–H and O–H groups in total. The molecule has 3 rings (SSSR count). The van der Waals surface area contributed by atoms with E-state index in [-0.39, 0.29) is 42.2 Å². The maximum Gasteiger partial charge on any atom is 0.109 e. The fraction of sp³-hybridized carbons (Fsp3) is 1.00. The van der Waals surface area contributed by atoms with Gasteiger partial charge in [0.25, 0.3) is 0 Å². The maximum absolute atomic E-state index is 6.45. The molecule has 0 saturated carbocycles. The van der Waals surface area contributed by atoms with Gasteiger partial charge in [-0.25, -0.2) is 0 Å². The molecular formula is C22H37B3O6. The zero-order chi connectivity index (χ0) is 22.4. The van der Waals surface area contributed by atoms with Crippen molar-refractivity contribution in [2.24, 2.45) is 23.7 Å². The second kappa shape index (κ2) is 12.4. The Bertz CT molecular complexity index is 529. The van der Waals surface area contributed by atoms with Gasteiger partial charge in [-0.2, -0.15) is 0 Å². The molecule has 0 aromatic rings. The van der Waals surface area contributed by atoms with E-state index in [9.17, 15) is 0 Å². The summed E-state index contributed by atoms with van der Waals surface area (Å²) >= 11 is 0. The number of hydrogen-bond acceptors (Lipinski definition) is 6. The summed E-state index contributed by atoms with van der Waals surface area (Å²) in [6, 6.07) is -0.694. The summed E-state index contributed by atoms with van der Waals surface area (Å²) in [6.45, 7) is 1.71. The molecule has 0 amide bonds. The van der Waals surface area contributed by atoms with E-state index >= 15 is 0 Å². The van der Waals surface area contributed by atoms with Crippen LogP contribution in [0.2, 0.25) is 0 Å². The second-order valence-corrected chi connectivity index (χ2v) is 9.41. The van der Waals surface area contributed by atoms with Crippen molar-refractivity contribution >= 4 is 23.5 Å². The molecule has 3 aliphatic rings. The average Bonchev–Trinajstić information content (AvgIpc) is 3.34. The van der Waals surface area contributed by atoms with Crippen LogP contribution in [0.5, 0.6) is 0 Å². The topological polar surface area (TPSA) is 55.4 Å². The normalized spacial score (nSPS) is 43.1. The lowest BCUT2D eigenvalue weighted by atomic mass is 9.72. The van der Waals surface area contributed by atoms with Crippen molar-refractivity contribution < 1.29 is 28.4 Å². The van der Waals surface area contributed by atoms with Gasteiger partial charge in [0.05, 0.1) is 38.1 Å². The number of methoxy groups -OCH3 is 3. The number of rotatable bonds is 12. The molecule has 3 saturated heterocycles. The lowest BCUT2D eigenvalue weighted by molar-refractivity contribution is -0.000465. The minimum absolute atomic E-state index is 0.0127. The Kier molecular flexibility index (Phi) is 10.3. The van der Waals surface area contributed by atoms with Gasteiger partial charge in [0.1, 0.15) is 23.5 Å². The summed E-state index contributed by atoms with van der Waals surface area (Å²) < 4.78 is 33.9. The quantitative estimate of drug-likeness (QED) is 0.437. The van der Waals surface area contributed by atoms with Crippen molar-refractivity contribution in [1.29, 1.82) is 0 Å². The van der Waals surface area contributed by atoms with E-state index < -0.39 is 0 Å². The Hall–Kier alpha value is -0.0452. The van der Waals surface area contributed by atoms with Crippen molar-refractivity contribution in [2.75, 3.05) is 41.2 Å². The van der Waals surface area contributed by atoms with Gasteiger partial charge < -0.3 is 28.4 Å². The predicted octanol–water partition coefficient (Wildman–Crippen LogP) is 1.41. The van der Waals surface area contributed by atoms with E-state index in [2.05, 4.69) is 0 Å². The van der Waals surface area contributed by atoms with Gasteiger partial charge in [-0.1, -0.05) is 0 Å². The van der Waals surface area contributed by atoms with Crippen molar-refractivity contribution in [1.82, 2.24) is 0 Å². The third kappa shape index (κ3) is 6.74. The fourth-order valence-corrected chi connectivity index (χ4v) is 5.81. The lowest BCUT2D eigenvalue weighted by Gasteiger charge is -2.27. The van der Waals surface area contributed by atoms with E-state index in [0.29, 0.717) is 37.6 Å². The highest BCUT2D eigenvalue weighted by molar-refractivity contribution is 6.11. The van der Waals surface area contributed by atoms with Crippen LogP contribution in [0.3, 0.4) is 0 Å². The van der Waals surface area contributed by atoms with E-state index in [1.54, 1.807) is 21.3 Å². The van der Waals surface area contributed by atoms with Crippen molar-refractivity contribution in [3.05, 3.63) is 0 Å². The van der Waals surface area contributed by atoms with Crippen molar-refractivity contribution in [3.63, 3.8) is 0 Å². The van der Waals surface area contributed by atoms with Gasteiger partial charge in [-0.05, 0) is 62.2 Å². The van der Waals surface area contributed by atoms with Gasteiger partial charge in [0, 0.05) is 39.3 Å². The molecule has 0 aromatic carbocycles. The van der Waals surface area contributed by atoms with E-state index in [1.165, 1.54) is 0 Å². The highest BCUT2D eigenvalue weighted by Gasteiger charge is 2.43. The predicted molar refractivity (Wildman–Crippen MR) is 121 cm³/mol. The Balaban J connectivity index is 1.59. The summed E-state index contributed by atoms with van der Waals surface area (Å²) in [5.41, 5.74) is 0. The Morgan fingerprint density at radius 1 is 0.613 bits per heavy atom. The minimum Gasteiger partial charge on any atom is -0.382 e. The first-order valence-electron chi connectivity index (χ1n) is 11.7. The second-order valence-electron chi connectivity index (χ2n) is 9.41. The van der Waals surface area contributed by atoms with E-state index in [0.717, 1.165) is 38.5 Å². The molecule has 31 heavy (non-hydrogen) atoms. The standard InChI is InChI=1S/C22H37B3O6/c1-26-10-17-13(8-20(23)29-17)4-6-15-16(22(25)31-19(15)12-28-3)7-5-14-9-21(24)30-18(14)11-27-2/h13-22H,4-12H2,1-3H3/t13?,14?,15-,16?,17-,18-,19-,20-,21-,22-/m1/s1. The molecule has 6 nitrogen and oxygen atoms in total. The van der Waals surface area contributed by atoms with E-state index in [1.807, 2.05) is 0 Å². The zero-order valence-electron chi connectivity index (χ0n) is 19.3. The smallest absolute Gasteiger partial charge is 0.109 e. The summed E-state index contributed by atoms with van der Waals surface area (Å²) in [5.74, 6) is 1.39. The van der Waals surface area contributed by atoms with Crippen LogP contribution in [0.15, 0.2) is 0 Å². The molecule has 3 fully saturated rings. The Morgan fingerprint density at radius 3 is 1.55 bits per heavy atom. The molecule has 3 unspecified atom stereocenters. The third-order valence-electron chi connectivity index (χ3n) is 7.34. The van der Waals surface area contributed by atoms with E-state index in [4.69, 9.17) is 52.0 Å². The molecule has 0 aromatic heterocycles. The molecule has 9 heteroatoms. The maximum atomic E-state index is 6.45. The third-order valence-corrected chi connectivity index (χ3v) is 7.34. The highest BCUT2D eigenvalue weighted by atomic mass is 16.5. The highest BCUT2D eigenvalue weighted by Crippen LogP contribution is 2.42. The van der Waals surface area contributed by atoms with Crippen LogP contribution in [-0.4, -0.2) is 101 Å². The van der Waals surface area contributed by atoms with Crippen molar-refractivity contribution in [2.45, 2.75) is 74.8 Å². The zero-order valence-corrected chi connectivity index (χ0v) is 19.3. The Labute approximate surface area is 192 Å². The molecule has 10 atom stereocenters. The summed E-state index contributed by atoms with van der Waals surface area (Å²) in [7, 11) is 23.7. The van der Waals surface area contributed by atoms with Crippen LogP contribution in [-0.2, 0) is 28.4 Å². The molecule has 170 valence electrons. The van der Waals surface area contributed by atoms with Crippen LogP contribution in [0.25, 0.3) is 0 Å². The monoisotopic (exact) mass is 430 g/mol. The summed E-state index contributed by atoms with van der Waals surface area (Å²) in [6.07, 6.45) is 5.86. The molecule has 6 radical (unpaired) electrons. The van der Waals surface area contributed by atoms with Crippen LogP contribution < -0.4 is 0 Å². The van der Waals surface area contributed by atoms with Gasteiger partial charge in [0.15, 0.2) is 0 Å². The molecule has 0 aliphatic carbocycles. The Morgan fingerprint density at radius 2 is 1.06 bits per heavy atom. The van der Waals surface area contributed by atoms with Crippen LogP contribution in [0, 0.1) is 23.7 Å². The first-order chi connectivity index (χ1) is 15.0. The van der Waals surface area contributed by atoms with Crippen LogP contribution in [0.4, 0.5) is 0 Å². The van der Waals surface area contributed by atoms with Gasteiger partial charge >= 0.3 is 0 Å². The molecule has 0 bridgehead atoms. The summed E-state index contributed by atoms with van der Waals surface area (Å²) in [4.78, 5) is 0. The number of ether oxygens (including phenoxy) is 6. The minimum atomic E-state index is -0.279. The van der Waals surface area contributed by atoms with Crippen LogP contribution in [0.1, 0.15) is 38.5 Å². The largest absolute Gasteiger partial charge is 0.382 e. The molecule has 3 aliphatic heterocycles. The van der Waals surface area contributed by atoms with Gasteiger partial charge in [-0.15, -0.1) is 0 Å². The molecule has 0 spiro atoms. The lowest BCUT2D eigenvalue weighted by Crippen LogP contribution is -2.29. The SMILES string of the molecule is [B][C@@H]1O[C@H](COC)[C@H](CCC2C[C@H]([B])O[C@@H]2COC)C1CCC1C[C@H]([B])O[C@@H]1COC. The number of hydrogen-bond donors (Lipinski definition) is 0. The van der Waals surface area contributed by atoms with Gasteiger partial charge in [0.2, 0.25) is 0 Å². The fourth-order valence-electron chi connectivity index (χ4n) is 5.81. The van der Waals surface area contributed by atoms with Crippen LogP contribution >= 0.6 is 0 Å². The first kappa shape index (κ1) is 25.6. The average molecular weight is 430 g/mol. The molecular weight excluding hydrogens is 393 g/mol.